The Bertz CT molecular complexity index is 1440. The molecular formula is C28H22N2O6. The molecule has 5 rings (SSSR count). The van der Waals surface area contributed by atoms with E-state index in [-0.39, 0.29) is 30.5 Å². The SMILES string of the molecule is COc1ccc(CN2C(=O)c3ccccc3C2=O)cc1C(=O)OCc1nc(-c2ccccc2)oc1C. The van der Waals surface area contributed by atoms with Crippen LogP contribution >= 0.6 is 0 Å². The largest absolute Gasteiger partial charge is 0.496 e. The number of esters is 1. The quantitative estimate of drug-likeness (QED) is 0.275. The number of nitrogens with zero attached hydrogens (tertiary/aromatic N) is 2. The van der Waals surface area contributed by atoms with Crippen LogP contribution in [-0.4, -0.2) is 34.8 Å². The third-order valence-corrected chi connectivity index (χ3v) is 5.96. The van der Waals surface area contributed by atoms with E-state index in [2.05, 4.69) is 4.98 Å². The van der Waals surface area contributed by atoms with Crippen molar-refractivity contribution in [2.75, 3.05) is 7.11 Å². The van der Waals surface area contributed by atoms with E-state index in [0.717, 1.165) is 10.5 Å². The number of fused-ring (bicyclic) bond motifs is 1. The van der Waals surface area contributed by atoms with E-state index in [1.807, 2.05) is 30.3 Å². The molecule has 1 aliphatic rings. The Morgan fingerprint density at radius 1 is 0.944 bits per heavy atom. The molecule has 0 saturated heterocycles. The van der Waals surface area contributed by atoms with Crippen LogP contribution in [0.5, 0.6) is 5.75 Å². The van der Waals surface area contributed by atoms with Crippen molar-refractivity contribution in [3.8, 4) is 17.2 Å². The number of oxazole rings is 1. The molecule has 0 spiro atoms. The van der Waals surface area contributed by atoms with E-state index in [4.69, 9.17) is 13.9 Å². The Morgan fingerprint density at radius 2 is 1.61 bits per heavy atom. The summed E-state index contributed by atoms with van der Waals surface area (Å²) in [4.78, 5) is 44.0. The van der Waals surface area contributed by atoms with Gasteiger partial charge in [-0.05, 0) is 48.9 Å². The number of hydrogen-bond donors (Lipinski definition) is 0. The van der Waals surface area contributed by atoms with Gasteiger partial charge in [0, 0.05) is 5.56 Å². The fraction of sp³-hybridized carbons (Fsp3) is 0.143. The number of methoxy groups -OCH3 is 1. The number of amides is 2. The van der Waals surface area contributed by atoms with Crippen LogP contribution in [0.3, 0.4) is 0 Å². The molecule has 0 radical (unpaired) electrons. The van der Waals surface area contributed by atoms with Crippen LogP contribution in [0.2, 0.25) is 0 Å². The molecule has 0 aliphatic carbocycles. The maximum absolute atomic E-state index is 13.0. The molecule has 4 aromatic rings. The number of rotatable bonds is 7. The van der Waals surface area contributed by atoms with Gasteiger partial charge in [0.15, 0.2) is 0 Å². The van der Waals surface area contributed by atoms with E-state index in [1.54, 1.807) is 49.4 Å². The Morgan fingerprint density at radius 3 is 2.28 bits per heavy atom. The van der Waals surface area contributed by atoms with Crippen LogP contribution in [0.1, 0.15) is 48.1 Å². The van der Waals surface area contributed by atoms with Crippen LogP contribution in [-0.2, 0) is 17.9 Å². The fourth-order valence-corrected chi connectivity index (χ4v) is 4.06. The first kappa shape index (κ1) is 23.0. The number of ether oxygens (including phenoxy) is 2. The molecule has 8 nitrogen and oxygen atoms in total. The molecule has 0 fully saturated rings. The first-order valence-electron chi connectivity index (χ1n) is 11.3. The summed E-state index contributed by atoms with van der Waals surface area (Å²) in [6.07, 6.45) is 0. The fourth-order valence-electron chi connectivity index (χ4n) is 4.06. The second-order valence-corrected chi connectivity index (χ2v) is 8.24. The predicted molar refractivity (Wildman–Crippen MR) is 129 cm³/mol. The highest BCUT2D eigenvalue weighted by atomic mass is 16.5. The summed E-state index contributed by atoms with van der Waals surface area (Å²) < 4.78 is 16.6. The molecule has 0 bridgehead atoms. The minimum Gasteiger partial charge on any atom is -0.496 e. The van der Waals surface area contributed by atoms with Gasteiger partial charge in [-0.15, -0.1) is 0 Å². The molecule has 2 heterocycles. The number of carbonyl (C=O) groups excluding carboxylic acids is 3. The topological polar surface area (TPSA) is 98.9 Å². The minimum absolute atomic E-state index is 0.0133. The summed E-state index contributed by atoms with van der Waals surface area (Å²) in [5.74, 6) is -0.0575. The molecule has 3 aromatic carbocycles. The summed E-state index contributed by atoms with van der Waals surface area (Å²) in [5.41, 5.74) is 2.82. The van der Waals surface area contributed by atoms with Crippen molar-refractivity contribution < 1.29 is 28.3 Å². The molecule has 0 N–H and O–H groups in total. The van der Waals surface area contributed by atoms with Gasteiger partial charge in [0.25, 0.3) is 11.8 Å². The van der Waals surface area contributed by atoms with Crippen molar-refractivity contribution >= 4 is 17.8 Å². The van der Waals surface area contributed by atoms with Gasteiger partial charge in [0.1, 0.15) is 29.4 Å². The molecule has 180 valence electrons. The normalized spacial score (nSPS) is 12.6. The zero-order valence-corrected chi connectivity index (χ0v) is 19.7. The van der Waals surface area contributed by atoms with Gasteiger partial charge in [-0.3, -0.25) is 14.5 Å². The highest BCUT2D eigenvalue weighted by Crippen LogP contribution is 2.27. The molecule has 0 saturated carbocycles. The van der Waals surface area contributed by atoms with Gasteiger partial charge in [-0.1, -0.05) is 36.4 Å². The summed E-state index contributed by atoms with van der Waals surface area (Å²) in [7, 11) is 1.45. The molecule has 36 heavy (non-hydrogen) atoms. The molecule has 1 aliphatic heterocycles. The lowest BCUT2D eigenvalue weighted by Crippen LogP contribution is -2.29. The lowest BCUT2D eigenvalue weighted by Gasteiger charge is -2.15. The highest BCUT2D eigenvalue weighted by Gasteiger charge is 2.35. The van der Waals surface area contributed by atoms with Gasteiger partial charge in [0.2, 0.25) is 5.89 Å². The zero-order valence-electron chi connectivity index (χ0n) is 19.7. The third kappa shape index (κ3) is 4.24. The van der Waals surface area contributed by atoms with Crippen LogP contribution in [0.15, 0.2) is 77.2 Å². The van der Waals surface area contributed by atoms with Gasteiger partial charge < -0.3 is 13.9 Å². The van der Waals surface area contributed by atoms with Gasteiger partial charge in [-0.2, -0.15) is 0 Å². The van der Waals surface area contributed by atoms with Gasteiger partial charge in [-0.25, -0.2) is 9.78 Å². The van der Waals surface area contributed by atoms with E-state index in [9.17, 15) is 14.4 Å². The van der Waals surface area contributed by atoms with Crippen molar-refractivity contribution in [2.24, 2.45) is 0 Å². The lowest BCUT2D eigenvalue weighted by molar-refractivity contribution is 0.0463. The number of benzene rings is 3. The van der Waals surface area contributed by atoms with E-state index in [1.165, 1.54) is 7.11 Å². The Labute approximate surface area is 207 Å². The molecule has 1 aromatic heterocycles. The molecule has 0 unspecified atom stereocenters. The van der Waals surface area contributed by atoms with Crippen molar-refractivity contribution in [3.05, 3.63) is 107 Å². The molecular weight excluding hydrogens is 460 g/mol. The molecule has 2 amide bonds. The van der Waals surface area contributed by atoms with Crippen molar-refractivity contribution in [1.29, 1.82) is 0 Å². The summed E-state index contributed by atoms with van der Waals surface area (Å²) in [6, 6.07) is 21.0. The van der Waals surface area contributed by atoms with E-state index < -0.39 is 5.97 Å². The van der Waals surface area contributed by atoms with E-state index >= 15 is 0 Å². The summed E-state index contributed by atoms with van der Waals surface area (Å²) in [5, 5.41) is 0. The third-order valence-electron chi connectivity index (χ3n) is 5.96. The Hall–Kier alpha value is -4.72. The average molecular weight is 482 g/mol. The highest BCUT2D eigenvalue weighted by molar-refractivity contribution is 6.21. The molecule has 8 heteroatoms. The van der Waals surface area contributed by atoms with Crippen molar-refractivity contribution in [1.82, 2.24) is 9.88 Å². The predicted octanol–water partition coefficient (Wildman–Crippen LogP) is 4.81. The number of carbonyl (C=O) groups is 3. The second-order valence-electron chi connectivity index (χ2n) is 8.24. The maximum Gasteiger partial charge on any atom is 0.342 e. The average Bonchev–Trinajstić information content (AvgIpc) is 3.40. The molecule has 0 atom stereocenters. The van der Waals surface area contributed by atoms with Gasteiger partial charge in [0.05, 0.1) is 24.8 Å². The monoisotopic (exact) mass is 482 g/mol. The number of imide groups is 1. The van der Waals surface area contributed by atoms with Crippen molar-refractivity contribution in [3.63, 3.8) is 0 Å². The minimum atomic E-state index is -0.625. The van der Waals surface area contributed by atoms with Crippen LogP contribution in [0, 0.1) is 6.92 Å². The number of aromatic nitrogens is 1. The standard InChI is InChI=1S/C28H22N2O6/c1-17-23(29-25(36-17)19-8-4-3-5-9-19)16-35-28(33)22-14-18(12-13-24(22)34-2)15-30-26(31)20-10-6-7-11-21(20)27(30)32/h3-14H,15-16H2,1-2H3. The first-order chi connectivity index (χ1) is 17.5. The zero-order chi connectivity index (χ0) is 25.2. The van der Waals surface area contributed by atoms with Crippen molar-refractivity contribution in [2.45, 2.75) is 20.1 Å². The maximum atomic E-state index is 13.0. The lowest BCUT2D eigenvalue weighted by atomic mass is 10.1. The van der Waals surface area contributed by atoms with Crippen LogP contribution in [0.4, 0.5) is 0 Å². The van der Waals surface area contributed by atoms with Gasteiger partial charge >= 0.3 is 5.97 Å². The summed E-state index contributed by atoms with van der Waals surface area (Å²) in [6.45, 7) is 1.68. The Balaban J connectivity index is 1.32. The van der Waals surface area contributed by atoms with Crippen LogP contribution < -0.4 is 4.74 Å². The smallest absolute Gasteiger partial charge is 0.342 e. The number of aryl methyl sites for hydroxylation is 1. The number of hydrogen-bond acceptors (Lipinski definition) is 7. The Kier molecular flexibility index (Phi) is 6.08. The first-order valence-corrected chi connectivity index (χ1v) is 11.3. The second kappa shape index (κ2) is 9.50. The summed E-state index contributed by atoms with van der Waals surface area (Å²) >= 11 is 0. The van der Waals surface area contributed by atoms with E-state index in [0.29, 0.717) is 39.8 Å². The van der Waals surface area contributed by atoms with Crippen LogP contribution in [0.25, 0.3) is 11.5 Å².